The molecule has 1 saturated carbocycles. The fraction of sp³-hybridized carbons (Fsp3) is 0.950. The van der Waals surface area contributed by atoms with Crippen LogP contribution in [-0.2, 0) is 14.0 Å². The lowest BCUT2D eigenvalue weighted by Gasteiger charge is -2.38. The lowest BCUT2D eigenvalue weighted by Crippen LogP contribution is -2.52. The highest BCUT2D eigenvalue weighted by Gasteiger charge is 2.54. The van der Waals surface area contributed by atoms with Gasteiger partial charge >= 0.3 is 13.1 Å². The molecule has 4 fully saturated rings. The van der Waals surface area contributed by atoms with Crippen LogP contribution in [0.15, 0.2) is 0 Å². The van der Waals surface area contributed by atoms with E-state index >= 15 is 0 Å². The minimum atomic E-state index is -0.284. The summed E-state index contributed by atoms with van der Waals surface area (Å²) in [7, 11) is -0.155. The average Bonchev–Trinajstić information content (AvgIpc) is 3.09. The molecule has 4 aliphatic rings. The van der Waals surface area contributed by atoms with E-state index in [9.17, 15) is 4.79 Å². The van der Waals surface area contributed by atoms with E-state index in [1.165, 1.54) is 6.42 Å². The summed E-state index contributed by atoms with van der Waals surface area (Å²) in [4.78, 5) is 17.4. The smallest absolute Gasteiger partial charge is 0.403 e. The van der Waals surface area contributed by atoms with Gasteiger partial charge in [-0.1, -0.05) is 0 Å². The largest absolute Gasteiger partial charge is 0.461 e. The maximum absolute atomic E-state index is 13.2. The van der Waals surface area contributed by atoms with Crippen molar-refractivity contribution in [1.29, 1.82) is 0 Å². The third-order valence-corrected chi connectivity index (χ3v) is 7.41. The van der Waals surface area contributed by atoms with Gasteiger partial charge in [0.25, 0.3) is 0 Å². The van der Waals surface area contributed by atoms with Crippen LogP contribution in [0.5, 0.6) is 0 Å². The minimum Gasteiger partial charge on any atom is -0.403 e. The van der Waals surface area contributed by atoms with Crippen LogP contribution in [0.3, 0.4) is 0 Å². The van der Waals surface area contributed by atoms with Crippen LogP contribution in [-0.4, -0.2) is 72.5 Å². The quantitative estimate of drug-likeness (QED) is 0.657. The second-order valence-electron chi connectivity index (χ2n) is 9.69. The summed E-state index contributed by atoms with van der Waals surface area (Å²) < 4.78 is 18.4. The first kappa shape index (κ1) is 19.5. The van der Waals surface area contributed by atoms with Gasteiger partial charge in [0, 0.05) is 26.2 Å². The highest BCUT2D eigenvalue weighted by atomic mass is 16.7. The molecule has 2 unspecified atom stereocenters. The first-order chi connectivity index (χ1) is 12.8. The molecule has 2 atom stereocenters. The molecule has 7 heteroatoms. The normalized spacial score (nSPS) is 33.9. The molecule has 152 valence electrons. The predicted octanol–water partition coefficient (Wildman–Crippen LogP) is 3.31. The van der Waals surface area contributed by atoms with Crippen LogP contribution in [0.2, 0.25) is 5.82 Å². The highest BCUT2D eigenvalue weighted by molar-refractivity contribution is 6.47. The molecule has 0 N–H and O–H groups in total. The van der Waals surface area contributed by atoms with Crippen LogP contribution in [0.4, 0.5) is 4.79 Å². The monoisotopic (exact) mass is 378 g/mol. The van der Waals surface area contributed by atoms with E-state index in [4.69, 9.17) is 14.0 Å². The summed E-state index contributed by atoms with van der Waals surface area (Å²) in [5.41, 5.74) is -0.567. The second-order valence-corrected chi connectivity index (χ2v) is 9.69. The van der Waals surface area contributed by atoms with Gasteiger partial charge in [-0.2, -0.15) is 0 Å². The van der Waals surface area contributed by atoms with Crippen molar-refractivity contribution in [2.24, 2.45) is 0 Å². The minimum absolute atomic E-state index is 0.155. The van der Waals surface area contributed by atoms with E-state index in [2.05, 4.69) is 32.6 Å². The number of fused-ring (bicyclic) bond motifs is 1. The lowest BCUT2D eigenvalue weighted by atomic mass is 9.67. The number of hydrogen-bond donors (Lipinski definition) is 0. The van der Waals surface area contributed by atoms with E-state index in [1.54, 1.807) is 0 Å². The lowest BCUT2D eigenvalue weighted by molar-refractivity contribution is 0.00578. The Morgan fingerprint density at radius 1 is 0.926 bits per heavy atom. The molecular weight excluding hydrogens is 343 g/mol. The number of likely N-dealkylation sites (tertiary alicyclic amines) is 1. The molecule has 0 aromatic rings. The van der Waals surface area contributed by atoms with Crippen LogP contribution < -0.4 is 0 Å². The van der Waals surface area contributed by atoms with Crippen molar-refractivity contribution in [3.05, 3.63) is 0 Å². The zero-order valence-corrected chi connectivity index (χ0v) is 17.4. The van der Waals surface area contributed by atoms with Crippen LogP contribution in [0.1, 0.15) is 66.2 Å². The molecule has 0 radical (unpaired) electrons. The summed E-state index contributed by atoms with van der Waals surface area (Å²) in [6.07, 6.45) is 6.44. The molecule has 0 spiro atoms. The summed E-state index contributed by atoms with van der Waals surface area (Å²) in [6.45, 7) is 11.6. The number of rotatable bonds is 1. The third-order valence-electron chi connectivity index (χ3n) is 7.41. The Morgan fingerprint density at radius 3 is 2.26 bits per heavy atom. The van der Waals surface area contributed by atoms with Gasteiger partial charge in [0.2, 0.25) is 0 Å². The molecule has 27 heavy (non-hydrogen) atoms. The summed E-state index contributed by atoms with van der Waals surface area (Å²) >= 11 is 0. The molecule has 2 amide bonds. The van der Waals surface area contributed by atoms with Crippen molar-refractivity contribution in [2.45, 2.75) is 95.4 Å². The van der Waals surface area contributed by atoms with Gasteiger partial charge in [0.05, 0.1) is 23.3 Å². The Kier molecular flexibility index (Phi) is 5.23. The summed E-state index contributed by atoms with van der Waals surface area (Å²) in [6, 6.07) is 0.491. The van der Waals surface area contributed by atoms with Crippen LogP contribution in [0.25, 0.3) is 0 Å². The third kappa shape index (κ3) is 3.63. The maximum atomic E-state index is 13.2. The molecule has 0 aromatic carbocycles. The van der Waals surface area contributed by atoms with E-state index < -0.39 is 0 Å². The molecule has 0 bridgehead atoms. The van der Waals surface area contributed by atoms with Gasteiger partial charge < -0.3 is 23.8 Å². The Balaban J connectivity index is 1.34. The number of nitrogens with zero attached hydrogens (tertiary/aromatic N) is 2. The zero-order chi connectivity index (χ0) is 19.2. The van der Waals surface area contributed by atoms with E-state index in [1.807, 2.05) is 4.90 Å². The van der Waals surface area contributed by atoms with Crippen molar-refractivity contribution in [3.63, 3.8) is 0 Å². The Bertz CT molecular complexity index is 546. The first-order valence-corrected chi connectivity index (χ1v) is 10.8. The van der Waals surface area contributed by atoms with Crippen molar-refractivity contribution >= 4 is 13.1 Å². The van der Waals surface area contributed by atoms with Gasteiger partial charge in [0.1, 0.15) is 0 Å². The number of piperidine rings is 1. The van der Waals surface area contributed by atoms with E-state index in [0.717, 1.165) is 58.3 Å². The molecular formula is C20H35BN2O4. The molecule has 0 aromatic heterocycles. The van der Waals surface area contributed by atoms with Crippen LogP contribution >= 0.6 is 0 Å². The van der Waals surface area contributed by atoms with Gasteiger partial charge in [-0.25, -0.2) is 4.79 Å². The number of amides is 2. The summed E-state index contributed by atoms with van der Waals surface area (Å²) in [5, 5.41) is 0. The highest BCUT2D eigenvalue weighted by Crippen LogP contribution is 2.42. The molecule has 4 rings (SSSR count). The predicted molar refractivity (Wildman–Crippen MR) is 105 cm³/mol. The Morgan fingerprint density at radius 2 is 1.59 bits per heavy atom. The van der Waals surface area contributed by atoms with Crippen molar-refractivity contribution in [1.82, 2.24) is 9.80 Å². The Hall–Kier alpha value is -0.785. The Labute approximate surface area is 164 Å². The number of carbonyl (C=O) groups is 1. The fourth-order valence-electron chi connectivity index (χ4n) is 4.96. The summed E-state index contributed by atoms with van der Waals surface area (Å²) in [5.74, 6) is 0.363. The molecule has 3 heterocycles. The maximum Gasteiger partial charge on any atom is 0.461 e. The first-order valence-electron chi connectivity index (χ1n) is 10.8. The van der Waals surface area contributed by atoms with Gasteiger partial charge in [0.15, 0.2) is 0 Å². The van der Waals surface area contributed by atoms with Crippen LogP contribution in [0, 0.1) is 0 Å². The van der Waals surface area contributed by atoms with Gasteiger partial charge in [-0.3, -0.25) is 0 Å². The number of ether oxygens (including phenoxy) is 1. The molecule has 3 saturated heterocycles. The second kappa shape index (κ2) is 7.23. The standard InChI is InChI=1S/C20H35BN2O4/c1-19(2)20(3,4)27-21(26-19)15-9-12-22(13-10-15)18(24)23-11-6-14-25-17-8-5-7-16(17)23/h15-17H,5-14H2,1-4H3. The molecule has 1 aliphatic carbocycles. The topological polar surface area (TPSA) is 51.2 Å². The zero-order valence-electron chi connectivity index (χ0n) is 17.4. The molecule has 3 aliphatic heterocycles. The van der Waals surface area contributed by atoms with Gasteiger partial charge in [-0.15, -0.1) is 0 Å². The van der Waals surface area contributed by atoms with Crippen molar-refractivity contribution < 1.29 is 18.8 Å². The van der Waals surface area contributed by atoms with Crippen molar-refractivity contribution in [2.75, 3.05) is 26.2 Å². The average molecular weight is 378 g/mol. The SMILES string of the molecule is CC1(C)OB(C2CCN(C(=O)N3CCCOC4CCCC43)CC2)OC1(C)C. The number of carbonyl (C=O) groups excluding carboxylic acids is 1. The van der Waals surface area contributed by atoms with Gasteiger partial charge in [-0.05, 0) is 72.0 Å². The molecule has 6 nitrogen and oxygen atoms in total. The van der Waals surface area contributed by atoms with E-state index in [-0.39, 0.29) is 36.5 Å². The number of urea groups is 1. The fourth-order valence-corrected chi connectivity index (χ4v) is 4.96. The van der Waals surface area contributed by atoms with E-state index in [0.29, 0.717) is 5.82 Å². The van der Waals surface area contributed by atoms with Crippen molar-refractivity contribution in [3.8, 4) is 0 Å². The number of hydrogen-bond acceptors (Lipinski definition) is 4.